The van der Waals surface area contributed by atoms with Crippen LogP contribution in [0.3, 0.4) is 0 Å². The number of nitrogens with zero attached hydrogens (tertiary/aromatic N) is 2. The Bertz CT molecular complexity index is 922. The summed E-state index contributed by atoms with van der Waals surface area (Å²) in [5, 5.41) is 0. The molecule has 0 fully saturated rings. The molecule has 32 heavy (non-hydrogen) atoms. The van der Waals surface area contributed by atoms with Crippen LogP contribution in [0.5, 0.6) is 0 Å². The fraction of sp³-hybridized carbons (Fsp3) is 0.519. The van der Waals surface area contributed by atoms with Gasteiger partial charge in [0.15, 0.2) is 0 Å². The second-order valence-electron chi connectivity index (χ2n) is 9.31. The molecular formula is C27H37BrN2O2. The molecule has 1 aliphatic carbocycles. The zero-order valence-electron chi connectivity index (χ0n) is 20.4. The van der Waals surface area contributed by atoms with Crippen LogP contribution in [0, 0.1) is 0 Å². The summed E-state index contributed by atoms with van der Waals surface area (Å²) in [5.41, 5.74) is 8.19. The largest absolute Gasteiger partial charge is 0.444 e. The van der Waals surface area contributed by atoms with Crippen LogP contribution < -0.4 is 0 Å². The van der Waals surface area contributed by atoms with Crippen LogP contribution in [0.25, 0.3) is 0 Å². The lowest BCUT2D eigenvalue weighted by atomic mass is 10.00. The Morgan fingerprint density at radius 2 is 2.12 bits per heavy atom. The van der Waals surface area contributed by atoms with Crippen molar-refractivity contribution in [3.8, 4) is 0 Å². The number of rotatable bonds is 5. The maximum Gasteiger partial charge on any atom is 0.410 e. The van der Waals surface area contributed by atoms with Gasteiger partial charge in [-0.05, 0) is 106 Å². The van der Waals surface area contributed by atoms with Crippen molar-refractivity contribution in [2.45, 2.75) is 85.3 Å². The topological polar surface area (TPSA) is 41.9 Å². The maximum absolute atomic E-state index is 12.7. The van der Waals surface area contributed by atoms with Crippen molar-refractivity contribution in [1.82, 2.24) is 4.90 Å². The van der Waals surface area contributed by atoms with Crippen LogP contribution in [-0.2, 0) is 4.74 Å². The van der Waals surface area contributed by atoms with Crippen molar-refractivity contribution >= 4 is 27.7 Å². The smallest absolute Gasteiger partial charge is 0.410 e. The highest BCUT2D eigenvalue weighted by Crippen LogP contribution is 2.31. The van der Waals surface area contributed by atoms with E-state index in [0.717, 1.165) is 64.7 Å². The van der Waals surface area contributed by atoms with Gasteiger partial charge in [0, 0.05) is 22.6 Å². The van der Waals surface area contributed by atoms with Gasteiger partial charge in [0.1, 0.15) is 5.60 Å². The number of aliphatic imine (C=N–C) groups is 1. The van der Waals surface area contributed by atoms with E-state index >= 15 is 0 Å². The number of ether oxygens (including phenoxy) is 1. The van der Waals surface area contributed by atoms with E-state index in [0.29, 0.717) is 6.54 Å². The van der Waals surface area contributed by atoms with E-state index in [-0.39, 0.29) is 12.1 Å². The molecule has 0 aromatic carbocycles. The quantitative estimate of drug-likeness (QED) is 0.219. The number of hydrogen-bond donors (Lipinski definition) is 0. The third kappa shape index (κ3) is 7.50. The van der Waals surface area contributed by atoms with E-state index in [9.17, 15) is 4.79 Å². The number of allylic oxidation sites excluding steroid dienone is 6. The van der Waals surface area contributed by atoms with E-state index in [1.807, 2.05) is 38.7 Å². The maximum atomic E-state index is 12.7. The van der Waals surface area contributed by atoms with Gasteiger partial charge in [0.05, 0.1) is 11.4 Å². The number of carbonyl (C=O) groups excluding carboxylic acids is 1. The van der Waals surface area contributed by atoms with Crippen LogP contribution in [0.15, 0.2) is 68.5 Å². The van der Waals surface area contributed by atoms with Crippen molar-refractivity contribution in [2.24, 2.45) is 4.99 Å². The summed E-state index contributed by atoms with van der Waals surface area (Å²) in [6.45, 7) is 16.5. The Morgan fingerprint density at radius 3 is 2.75 bits per heavy atom. The highest BCUT2D eigenvalue weighted by atomic mass is 79.9. The van der Waals surface area contributed by atoms with E-state index < -0.39 is 5.60 Å². The average molecular weight is 502 g/mol. The summed E-state index contributed by atoms with van der Waals surface area (Å²) in [4.78, 5) is 19.7. The third-order valence-corrected chi connectivity index (χ3v) is 6.32. The van der Waals surface area contributed by atoms with Crippen molar-refractivity contribution in [3.63, 3.8) is 0 Å². The van der Waals surface area contributed by atoms with Gasteiger partial charge in [0.2, 0.25) is 0 Å². The van der Waals surface area contributed by atoms with E-state index in [1.165, 1.54) is 0 Å². The molecule has 0 spiro atoms. The molecular weight excluding hydrogens is 464 g/mol. The number of carbonyl (C=O) groups is 1. The van der Waals surface area contributed by atoms with Gasteiger partial charge in [-0.15, -0.1) is 5.73 Å². The summed E-state index contributed by atoms with van der Waals surface area (Å²) < 4.78 is 6.67. The summed E-state index contributed by atoms with van der Waals surface area (Å²) in [7, 11) is 0. The highest BCUT2D eigenvalue weighted by molar-refractivity contribution is 9.12. The van der Waals surface area contributed by atoms with Crippen molar-refractivity contribution < 1.29 is 9.53 Å². The monoisotopic (exact) mass is 500 g/mol. The molecule has 0 bridgehead atoms. The second kappa shape index (κ2) is 11.7. The lowest BCUT2D eigenvalue weighted by Crippen LogP contribution is -2.42. The Morgan fingerprint density at radius 1 is 1.41 bits per heavy atom. The molecule has 0 radical (unpaired) electrons. The first kappa shape index (κ1) is 26.2. The van der Waals surface area contributed by atoms with Crippen LogP contribution in [0.2, 0.25) is 0 Å². The lowest BCUT2D eigenvalue weighted by Gasteiger charge is -2.30. The second-order valence-corrected chi connectivity index (χ2v) is 10.1. The highest BCUT2D eigenvalue weighted by Gasteiger charge is 2.28. The molecule has 0 saturated carbocycles. The minimum Gasteiger partial charge on any atom is -0.444 e. The molecule has 1 atom stereocenters. The van der Waals surface area contributed by atoms with Crippen LogP contribution in [0.1, 0.15) is 73.6 Å². The molecule has 0 saturated heterocycles. The Hall–Kier alpha value is -2.10. The number of hydrogen-bond acceptors (Lipinski definition) is 3. The summed E-state index contributed by atoms with van der Waals surface area (Å²) in [6, 6.07) is 0.0144. The molecule has 1 aliphatic heterocycles. The van der Waals surface area contributed by atoms with Crippen LogP contribution >= 0.6 is 15.9 Å². The van der Waals surface area contributed by atoms with Gasteiger partial charge in [-0.2, -0.15) is 0 Å². The van der Waals surface area contributed by atoms with Gasteiger partial charge in [-0.25, -0.2) is 4.79 Å². The fourth-order valence-electron chi connectivity index (χ4n) is 3.64. The van der Waals surface area contributed by atoms with Gasteiger partial charge < -0.3 is 9.64 Å². The van der Waals surface area contributed by atoms with Gasteiger partial charge in [-0.3, -0.25) is 4.99 Å². The molecule has 0 aromatic heterocycles. The predicted molar refractivity (Wildman–Crippen MR) is 138 cm³/mol. The predicted octanol–water partition coefficient (Wildman–Crippen LogP) is 7.80. The van der Waals surface area contributed by atoms with Gasteiger partial charge >= 0.3 is 6.09 Å². The first-order valence-corrected chi connectivity index (χ1v) is 12.3. The molecule has 2 aliphatic rings. The van der Waals surface area contributed by atoms with Crippen molar-refractivity contribution in [2.75, 3.05) is 6.54 Å². The zero-order chi connectivity index (χ0) is 23.9. The third-order valence-electron chi connectivity index (χ3n) is 5.38. The molecule has 1 heterocycles. The van der Waals surface area contributed by atoms with E-state index in [1.54, 1.807) is 0 Å². The van der Waals surface area contributed by atoms with E-state index in [4.69, 9.17) is 9.73 Å². The standard InChI is InChI=1S/C27H37BrN2O2/c1-8-19(3)17-24(29-23-15-11-10-13-21(9-2)25(23)28)22-14-12-16-30(20(4)18-22)26(31)32-27(5,6)7/h8,10,14,17,20H,1,9,11-12,15-16,18H2,2-7H3/b19-17-,29-24?/t20-/m0/s1. The molecule has 2 rings (SSSR count). The first-order chi connectivity index (χ1) is 15.1. The average Bonchev–Trinajstić information content (AvgIpc) is 3.01. The van der Waals surface area contributed by atoms with Crippen molar-refractivity contribution in [3.05, 3.63) is 63.5 Å². The molecule has 0 N–H and O–H groups in total. The van der Waals surface area contributed by atoms with Crippen LogP contribution in [-0.4, -0.2) is 34.9 Å². The molecule has 0 unspecified atom stereocenters. The Balaban J connectivity index is 2.40. The minimum atomic E-state index is -0.507. The molecule has 174 valence electrons. The van der Waals surface area contributed by atoms with E-state index in [2.05, 4.69) is 60.3 Å². The summed E-state index contributed by atoms with van der Waals surface area (Å²) in [5.74, 6) is 0. The van der Waals surface area contributed by atoms with Gasteiger partial charge in [-0.1, -0.05) is 25.7 Å². The first-order valence-electron chi connectivity index (χ1n) is 11.5. The van der Waals surface area contributed by atoms with Gasteiger partial charge in [0.25, 0.3) is 0 Å². The molecule has 1 amide bonds. The Labute approximate surface area is 202 Å². The molecule has 4 nitrogen and oxygen atoms in total. The zero-order valence-corrected chi connectivity index (χ0v) is 22.0. The SMILES string of the molecule is C=C/C(C)=C\C(=NC1=C(Br)C(CC)=C=CCC1)C1=CCCN(C(=O)OC(C)(C)C)[C@@H](C)C1. The number of halogens is 1. The minimum absolute atomic E-state index is 0.0144. The fourth-order valence-corrected chi connectivity index (χ4v) is 4.32. The Kier molecular flexibility index (Phi) is 9.54. The van der Waals surface area contributed by atoms with Crippen LogP contribution in [0.4, 0.5) is 4.79 Å². The van der Waals surface area contributed by atoms with Crippen molar-refractivity contribution in [1.29, 1.82) is 0 Å². The normalized spacial score (nSPS) is 21.0. The molecule has 0 aromatic rings. The summed E-state index contributed by atoms with van der Waals surface area (Å²) >= 11 is 3.77. The number of amides is 1. The molecule has 5 heteroatoms. The summed E-state index contributed by atoms with van der Waals surface area (Å²) in [6.07, 6.45) is 12.1. The lowest BCUT2D eigenvalue weighted by molar-refractivity contribution is 0.0186.